The molecule has 0 spiro atoms. The highest BCUT2D eigenvalue weighted by Crippen LogP contribution is 2.25. The van der Waals surface area contributed by atoms with Gasteiger partial charge >= 0.3 is 0 Å². The van der Waals surface area contributed by atoms with Gasteiger partial charge in [0.1, 0.15) is 11.6 Å². The van der Waals surface area contributed by atoms with Crippen LogP contribution in [0.2, 0.25) is 5.02 Å². The molecule has 3 rings (SSSR count). The third kappa shape index (κ3) is 6.18. The predicted octanol–water partition coefficient (Wildman–Crippen LogP) is 3.70. The number of nitrogens with one attached hydrogen (secondary N) is 2. The van der Waals surface area contributed by atoms with Crippen LogP contribution in [0.25, 0.3) is 0 Å². The molecule has 0 amide bonds. The summed E-state index contributed by atoms with van der Waals surface area (Å²) in [6, 6.07) is 10.1. The number of anilines is 1. The van der Waals surface area contributed by atoms with E-state index in [4.69, 9.17) is 16.9 Å². The van der Waals surface area contributed by atoms with Crippen molar-refractivity contribution in [3.63, 3.8) is 0 Å². The van der Waals surface area contributed by atoms with Gasteiger partial charge in [0, 0.05) is 37.4 Å². The average Bonchev–Trinajstić information content (AvgIpc) is 3.16. The maximum absolute atomic E-state index is 14.0. The van der Waals surface area contributed by atoms with E-state index in [1.165, 1.54) is 18.2 Å². The Labute approximate surface area is 192 Å². The van der Waals surface area contributed by atoms with E-state index < -0.39 is 0 Å². The number of nitrogens with zero attached hydrogens (tertiary/aromatic N) is 4. The van der Waals surface area contributed by atoms with E-state index in [1.807, 2.05) is 25.1 Å². The van der Waals surface area contributed by atoms with Gasteiger partial charge in [-0.15, -0.1) is 24.0 Å². The minimum Gasteiger partial charge on any atom is -0.357 e. The van der Waals surface area contributed by atoms with Gasteiger partial charge in [-0.1, -0.05) is 11.6 Å². The van der Waals surface area contributed by atoms with Crippen molar-refractivity contribution in [2.24, 2.45) is 4.99 Å². The molecule has 29 heavy (non-hydrogen) atoms. The number of rotatable bonds is 5. The number of hydrogen-bond acceptors (Lipinski definition) is 4. The number of benzene rings is 1. The summed E-state index contributed by atoms with van der Waals surface area (Å²) in [7, 11) is 0. The maximum Gasteiger partial charge on any atom is 0.191 e. The molecule has 2 N–H and O–H groups in total. The van der Waals surface area contributed by atoms with E-state index in [-0.39, 0.29) is 42.4 Å². The lowest BCUT2D eigenvalue weighted by Crippen LogP contribution is -2.44. The third-order valence-electron chi connectivity index (χ3n) is 4.49. The van der Waals surface area contributed by atoms with Crippen LogP contribution < -0.4 is 15.5 Å². The van der Waals surface area contributed by atoms with Gasteiger partial charge in [0.05, 0.1) is 23.2 Å². The smallest absolute Gasteiger partial charge is 0.191 e. The van der Waals surface area contributed by atoms with Crippen LogP contribution in [0.3, 0.4) is 0 Å². The highest BCUT2D eigenvalue weighted by molar-refractivity contribution is 14.0. The van der Waals surface area contributed by atoms with Crippen LogP contribution in [0.4, 0.5) is 10.2 Å². The predicted molar refractivity (Wildman–Crippen MR) is 124 cm³/mol. The fourth-order valence-electron chi connectivity index (χ4n) is 3.12. The second kappa shape index (κ2) is 11.2. The molecule has 1 unspecified atom stereocenters. The molecule has 9 heteroatoms. The average molecular weight is 529 g/mol. The molecule has 1 saturated heterocycles. The molecule has 1 atom stereocenters. The second-order valence-corrected chi connectivity index (χ2v) is 6.91. The Morgan fingerprint density at radius 1 is 1.45 bits per heavy atom. The van der Waals surface area contributed by atoms with Crippen molar-refractivity contribution >= 4 is 47.4 Å². The van der Waals surface area contributed by atoms with Crippen molar-refractivity contribution in [2.45, 2.75) is 25.9 Å². The molecule has 1 aliphatic rings. The molecular formula is C20H23ClFIN6. The number of aliphatic imine (C=N–C) groups is 1. The minimum absolute atomic E-state index is 0. The summed E-state index contributed by atoms with van der Waals surface area (Å²) >= 11 is 6.25. The Hall–Kier alpha value is -2.12. The van der Waals surface area contributed by atoms with Gasteiger partial charge in [0.25, 0.3) is 0 Å². The van der Waals surface area contributed by atoms with Gasteiger partial charge in [0.15, 0.2) is 5.96 Å². The van der Waals surface area contributed by atoms with Gasteiger partial charge in [0.2, 0.25) is 0 Å². The van der Waals surface area contributed by atoms with Gasteiger partial charge in [-0.25, -0.2) is 14.4 Å². The number of nitriles is 1. The lowest BCUT2D eigenvalue weighted by Gasteiger charge is -2.20. The molecular weight excluding hydrogens is 506 g/mol. The molecule has 154 valence electrons. The Kier molecular flexibility index (Phi) is 8.92. The zero-order valence-corrected chi connectivity index (χ0v) is 19.1. The van der Waals surface area contributed by atoms with Crippen molar-refractivity contribution in [1.82, 2.24) is 15.6 Å². The summed E-state index contributed by atoms with van der Waals surface area (Å²) in [5, 5.41) is 16.2. The highest BCUT2D eigenvalue weighted by atomic mass is 127. The van der Waals surface area contributed by atoms with Crippen molar-refractivity contribution in [2.75, 3.05) is 24.5 Å². The summed E-state index contributed by atoms with van der Waals surface area (Å²) in [6.07, 6.45) is 2.65. The number of halogens is 3. The zero-order chi connectivity index (χ0) is 19.9. The van der Waals surface area contributed by atoms with Crippen molar-refractivity contribution < 1.29 is 4.39 Å². The molecule has 0 radical (unpaired) electrons. The third-order valence-corrected chi connectivity index (χ3v) is 4.79. The monoisotopic (exact) mass is 528 g/mol. The van der Waals surface area contributed by atoms with Crippen molar-refractivity contribution in [3.8, 4) is 6.07 Å². The second-order valence-electron chi connectivity index (χ2n) is 6.50. The number of hydrogen-bond donors (Lipinski definition) is 2. The molecule has 1 aromatic carbocycles. The van der Waals surface area contributed by atoms with E-state index >= 15 is 0 Å². The fraction of sp³-hybridized carbons (Fsp3) is 0.350. The standard InChI is InChI=1S/C20H22ClFN6.HI/c1-2-24-20(26-12-15-10-14(11-23)5-6-18(15)22)27-16-7-9-28(13-16)19-17(21)4-3-8-25-19;/h3-6,8,10,16H,2,7,9,12-13H2,1H3,(H2,24,26,27);1H. The van der Waals surface area contributed by atoms with E-state index in [9.17, 15) is 4.39 Å². The molecule has 0 aliphatic carbocycles. The SMILES string of the molecule is CCNC(=NCc1cc(C#N)ccc1F)NC1CCN(c2ncccc2Cl)C1.I. The molecule has 1 aliphatic heterocycles. The number of pyridine rings is 1. The first-order chi connectivity index (χ1) is 13.6. The first kappa shape index (κ1) is 23.2. The van der Waals surface area contributed by atoms with E-state index in [2.05, 4.69) is 25.5 Å². The molecule has 2 aromatic rings. The summed E-state index contributed by atoms with van der Waals surface area (Å²) in [6.45, 7) is 4.41. The number of aromatic nitrogens is 1. The Morgan fingerprint density at radius 2 is 2.28 bits per heavy atom. The van der Waals surface area contributed by atoms with Gasteiger partial charge in [-0.05, 0) is 43.7 Å². The Balaban J connectivity index is 0.00000300. The zero-order valence-electron chi connectivity index (χ0n) is 16.0. The van der Waals surface area contributed by atoms with Gasteiger partial charge in [-0.3, -0.25) is 0 Å². The summed E-state index contributed by atoms with van der Waals surface area (Å²) in [5.41, 5.74) is 0.813. The van der Waals surface area contributed by atoms with Crippen LogP contribution in [0.1, 0.15) is 24.5 Å². The summed E-state index contributed by atoms with van der Waals surface area (Å²) in [5.74, 6) is 1.03. The highest BCUT2D eigenvalue weighted by Gasteiger charge is 2.25. The largest absolute Gasteiger partial charge is 0.357 e. The van der Waals surface area contributed by atoms with Crippen LogP contribution in [-0.2, 0) is 6.54 Å². The van der Waals surface area contributed by atoms with Crippen molar-refractivity contribution in [3.05, 3.63) is 58.5 Å². The van der Waals surface area contributed by atoms with Crippen LogP contribution in [0.5, 0.6) is 0 Å². The maximum atomic E-state index is 14.0. The fourth-order valence-corrected chi connectivity index (χ4v) is 3.36. The van der Waals surface area contributed by atoms with Crippen LogP contribution >= 0.6 is 35.6 Å². The summed E-state index contributed by atoms with van der Waals surface area (Å²) < 4.78 is 14.0. The summed E-state index contributed by atoms with van der Waals surface area (Å²) in [4.78, 5) is 11.0. The molecule has 6 nitrogen and oxygen atoms in total. The van der Waals surface area contributed by atoms with Gasteiger partial charge in [-0.2, -0.15) is 5.26 Å². The normalized spacial score (nSPS) is 16.1. The topological polar surface area (TPSA) is 76.3 Å². The van der Waals surface area contributed by atoms with Crippen LogP contribution in [0, 0.1) is 17.1 Å². The van der Waals surface area contributed by atoms with E-state index in [0.717, 1.165) is 25.3 Å². The Morgan fingerprint density at radius 3 is 3.00 bits per heavy atom. The van der Waals surface area contributed by atoms with E-state index in [0.29, 0.717) is 28.7 Å². The van der Waals surface area contributed by atoms with E-state index in [1.54, 1.807) is 6.20 Å². The minimum atomic E-state index is -0.365. The molecule has 1 aromatic heterocycles. The lowest BCUT2D eigenvalue weighted by atomic mass is 10.1. The van der Waals surface area contributed by atoms with Crippen molar-refractivity contribution in [1.29, 1.82) is 5.26 Å². The number of guanidine groups is 1. The molecule has 0 saturated carbocycles. The van der Waals surface area contributed by atoms with Crippen LogP contribution in [0.15, 0.2) is 41.5 Å². The van der Waals surface area contributed by atoms with Crippen LogP contribution in [-0.4, -0.2) is 36.6 Å². The molecule has 2 heterocycles. The first-order valence-corrected chi connectivity index (χ1v) is 9.57. The first-order valence-electron chi connectivity index (χ1n) is 9.19. The molecule has 1 fully saturated rings. The Bertz CT molecular complexity index is 901. The lowest BCUT2D eigenvalue weighted by molar-refractivity contribution is 0.608. The van der Waals surface area contributed by atoms with Gasteiger partial charge < -0.3 is 15.5 Å². The molecule has 0 bridgehead atoms. The quantitative estimate of drug-likeness (QED) is 0.352.